The van der Waals surface area contributed by atoms with Crippen LogP contribution in [0.1, 0.15) is 16.0 Å². The van der Waals surface area contributed by atoms with Crippen LogP contribution >= 0.6 is 11.3 Å². The third-order valence-corrected chi connectivity index (χ3v) is 3.98. The van der Waals surface area contributed by atoms with E-state index in [0.29, 0.717) is 0 Å². The largest absolute Gasteiger partial charge is 0.343 e. The van der Waals surface area contributed by atoms with Crippen LogP contribution in [0, 0.1) is 6.92 Å². The van der Waals surface area contributed by atoms with Crippen molar-refractivity contribution < 1.29 is 0 Å². The highest BCUT2D eigenvalue weighted by Crippen LogP contribution is 2.27. The number of rotatable bonds is 1. The maximum Gasteiger partial charge on any atom is 0.185 e. The van der Waals surface area contributed by atoms with Crippen molar-refractivity contribution in [3.63, 3.8) is 0 Å². The first-order valence-electron chi connectivity index (χ1n) is 5.57. The van der Waals surface area contributed by atoms with E-state index in [1.54, 1.807) is 11.3 Å². The molecule has 1 aromatic heterocycles. The smallest absolute Gasteiger partial charge is 0.185 e. The minimum atomic E-state index is 1.00. The van der Waals surface area contributed by atoms with E-state index in [1.165, 1.54) is 16.0 Å². The molecule has 3 heteroatoms. The van der Waals surface area contributed by atoms with Gasteiger partial charge in [-0.25, -0.2) is 4.98 Å². The number of hydrogen-bond acceptors (Lipinski definition) is 3. The third-order valence-electron chi connectivity index (χ3n) is 3.01. The number of anilines is 1. The lowest BCUT2D eigenvalue weighted by molar-refractivity contribution is 0.729. The fourth-order valence-electron chi connectivity index (χ4n) is 2.15. The summed E-state index contributed by atoms with van der Waals surface area (Å²) in [4.78, 5) is 8.12. The molecule has 1 aromatic carbocycles. The van der Waals surface area contributed by atoms with E-state index in [9.17, 15) is 0 Å². The molecule has 0 atom stereocenters. The fraction of sp³-hybridized carbons (Fsp3) is 0.308. The van der Waals surface area contributed by atoms with Crippen LogP contribution in [0.4, 0.5) is 5.13 Å². The Labute approximate surface area is 99.6 Å². The van der Waals surface area contributed by atoms with Crippen LogP contribution in [-0.4, -0.2) is 11.5 Å². The van der Waals surface area contributed by atoms with Gasteiger partial charge in [0.2, 0.25) is 0 Å². The Balaban J connectivity index is 1.88. The number of aryl methyl sites for hydroxylation is 1. The van der Waals surface area contributed by atoms with E-state index in [2.05, 4.69) is 41.1 Å². The van der Waals surface area contributed by atoms with Gasteiger partial charge in [-0.1, -0.05) is 24.3 Å². The van der Waals surface area contributed by atoms with Crippen LogP contribution in [0.5, 0.6) is 0 Å². The summed E-state index contributed by atoms with van der Waals surface area (Å²) in [5.41, 5.74) is 2.94. The van der Waals surface area contributed by atoms with E-state index in [4.69, 9.17) is 0 Å². The number of thiazole rings is 1. The second kappa shape index (κ2) is 3.91. The van der Waals surface area contributed by atoms with Crippen molar-refractivity contribution in [3.8, 4) is 0 Å². The second-order valence-electron chi connectivity index (χ2n) is 4.19. The SMILES string of the molecule is Cc1cnc(N2CCc3ccccc3C2)s1. The zero-order valence-corrected chi connectivity index (χ0v) is 10.1. The summed E-state index contributed by atoms with van der Waals surface area (Å²) in [5, 5.41) is 1.16. The first-order valence-corrected chi connectivity index (χ1v) is 6.39. The molecule has 3 rings (SSSR count). The highest BCUT2D eigenvalue weighted by atomic mass is 32.1. The van der Waals surface area contributed by atoms with Crippen LogP contribution in [0.15, 0.2) is 30.5 Å². The van der Waals surface area contributed by atoms with Gasteiger partial charge in [-0.15, -0.1) is 11.3 Å². The Morgan fingerprint density at radius 1 is 1.25 bits per heavy atom. The first kappa shape index (κ1) is 9.85. The van der Waals surface area contributed by atoms with Crippen LogP contribution in [-0.2, 0) is 13.0 Å². The predicted octanol–water partition coefficient (Wildman–Crippen LogP) is 3.01. The number of fused-ring (bicyclic) bond motifs is 1. The summed E-state index contributed by atoms with van der Waals surface area (Å²) >= 11 is 1.78. The summed E-state index contributed by atoms with van der Waals surface area (Å²) in [5.74, 6) is 0. The minimum Gasteiger partial charge on any atom is -0.343 e. The molecule has 0 N–H and O–H groups in total. The minimum absolute atomic E-state index is 1.00. The summed E-state index contributed by atoms with van der Waals surface area (Å²) in [6.45, 7) is 4.20. The van der Waals surface area contributed by atoms with Gasteiger partial charge in [0, 0.05) is 24.2 Å². The summed E-state index contributed by atoms with van der Waals surface area (Å²) in [6.07, 6.45) is 3.09. The Morgan fingerprint density at radius 3 is 2.81 bits per heavy atom. The van der Waals surface area contributed by atoms with Gasteiger partial charge >= 0.3 is 0 Å². The van der Waals surface area contributed by atoms with Crippen molar-refractivity contribution in [2.45, 2.75) is 19.9 Å². The Bertz CT molecular complexity index is 504. The van der Waals surface area contributed by atoms with E-state index in [1.807, 2.05) is 6.20 Å². The molecule has 2 aromatic rings. The van der Waals surface area contributed by atoms with Crippen LogP contribution < -0.4 is 4.90 Å². The second-order valence-corrected chi connectivity index (χ2v) is 5.41. The molecule has 0 bridgehead atoms. The molecule has 16 heavy (non-hydrogen) atoms. The van der Waals surface area contributed by atoms with E-state index in [-0.39, 0.29) is 0 Å². The number of aromatic nitrogens is 1. The highest BCUT2D eigenvalue weighted by molar-refractivity contribution is 7.15. The first-order chi connectivity index (χ1) is 7.83. The van der Waals surface area contributed by atoms with Crippen LogP contribution in [0.3, 0.4) is 0 Å². The fourth-order valence-corrected chi connectivity index (χ4v) is 2.93. The van der Waals surface area contributed by atoms with Crippen molar-refractivity contribution >= 4 is 16.5 Å². The van der Waals surface area contributed by atoms with Crippen LogP contribution in [0.25, 0.3) is 0 Å². The van der Waals surface area contributed by atoms with Gasteiger partial charge in [0.25, 0.3) is 0 Å². The van der Waals surface area contributed by atoms with Gasteiger partial charge in [0.05, 0.1) is 0 Å². The average Bonchev–Trinajstić information content (AvgIpc) is 2.75. The standard InChI is InChI=1S/C13H14N2S/c1-10-8-14-13(16-10)15-7-6-11-4-2-3-5-12(11)9-15/h2-5,8H,6-7,9H2,1H3. The average molecular weight is 230 g/mol. The summed E-state index contributed by atoms with van der Waals surface area (Å²) in [6, 6.07) is 8.71. The number of nitrogens with zero attached hydrogens (tertiary/aromatic N) is 2. The third kappa shape index (κ3) is 1.71. The van der Waals surface area contributed by atoms with Crippen molar-refractivity contribution in [1.82, 2.24) is 4.98 Å². The molecular formula is C13H14N2S. The van der Waals surface area contributed by atoms with Crippen molar-refractivity contribution in [2.24, 2.45) is 0 Å². The van der Waals surface area contributed by atoms with Crippen molar-refractivity contribution in [1.29, 1.82) is 0 Å². The lowest BCUT2D eigenvalue weighted by atomic mass is 10.0. The highest BCUT2D eigenvalue weighted by Gasteiger charge is 2.17. The maximum absolute atomic E-state index is 4.46. The molecule has 0 aliphatic carbocycles. The lowest BCUT2D eigenvalue weighted by Crippen LogP contribution is -2.30. The Kier molecular flexibility index (Phi) is 2.40. The molecular weight excluding hydrogens is 216 g/mol. The van der Waals surface area contributed by atoms with Crippen molar-refractivity contribution in [2.75, 3.05) is 11.4 Å². The summed E-state index contributed by atoms with van der Waals surface area (Å²) in [7, 11) is 0. The molecule has 0 saturated heterocycles. The van der Waals surface area contributed by atoms with E-state index >= 15 is 0 Å². The van der Waals surface area contributed by atoms with Gasteiger partial charge < -0.3 is 4.90 Å². The van der Waals surface area contributed by atoms with Gasteiger partial charge in [-0.05, 0) is 24.5 Å². The maximum atomic E-state index is 4.46. The molecule has 1 aliphatic rings. The van der Waals surface area contributed by atoms with Gasteiger partial charge in [-0.3, -0.25) is 0 Å². The molecule has 0 spiro atoms. The van der Waals surface area contributed by atoms with Crippen molar-refractivity contribution in [3.05, 3.63) is 46.5 Å². The molecule has 0 radical (unpaired) electrons. The topological polar surface area (TPSA) is 16.1 Å². The predicted molar refractivity (Wildman–Crippen MR) is 68.0 cm³/mol. The van der Waals surface area contributed by atoms with Gasteiger partial charge in [0.15, 0.2) is 5.13 Å². The number of benzene rings is 1. The molecule has 0 amide bonds. The molecule has 82 valence electrons. The zero-order chi connectivity index (χ0) is 11.0. The Hall–Kier alpha value is -1.35. The van der Waals surface area contributed by atoms with Gasteiger partial charge in [-0.2, -0.15) is 0 Å². The van der Waals surface area contributed by atoms with E-state index in [0.717, 1.165) is 24.6 Å². The molecule has 2 nitrogen and oxygen atoms in total. The van der Waals surface area contributed by atoms with Crippen LogP contribution in [0.2, 0.25) is 0 Å². The zero-order valence-electron chi connectivity index (χ0n) is 9.31. The molecule has 2 heterocycles. The molecule has 0 unspecified atom stereocenters. The monoisotopic (exact) mass is 230 g/mol. The normalized spacial score (nSPS) is 14.9. The number of hydrogen-bond donors (Lipinski definition) is 0. The summed E-state index contributed by atoms with van der Waals surface area (Å²) < 4.78 is 0. The lowest BCUT2D eigenvalue weighted by Gasteiger charge is -2.28. The Morgan fingerprint density at radius 2 is 2.06 bits per heavy atom. The molecule has 1 aliphatic heterocycles. The van der Waals surface area contributed by atoms with E-state index < -0.39 is 0 Å². The quantitative estimate of drug-likeness (QED) is 0.748. The molecule has 0 fully saturated rings. The molecule has 0 saturated carbocycles. The van der Waals surface area contributed by atoms with Gasteiger partial charge in [0.1, 0.15) is 0 Å².